The topological polar surface area (TPSA) is 63.4 Å². The normalized spacial score (nSPS) is 15.2. The van der Waals surface area contributed by atoms with Gasteiger partial charge >= 0.3 is 0 Å². The highest BCUT2D eigenvalue weighted by Gasteiger charge is 2.33. The zero-order chi connectivity index (χ0) is 25.9. The Hall–Kier alpha value is -3.87. The summed E-state index contributed by atoms with van der Waals surface area (Å²) >= 11 is 0. The van der Waals surface area contributed by atoms with Gasteiger partial charge in [0.05, 0.1) is 0 Å². The molecule has 0 spiro atoms. The number of aromatic nitrogens is 3. The Labute approximate surface area is 218 Å². The molecular formula is C30H35N5O2. The van der Waals surface area contributed by atoms with Crippen molar-refractivity contribution in [1.82, 2.24) is 24.1 Å². The molecule has 3 heterocycles. The Morgan fingerprint density at radius 1 is 1.05 bits per heavy atom. The van der Waals surface area contributed by atoms with Crippen LogP contribution in [-0.2, 0) is 24.8 Å². The van der Waals surface area contributed by atoms with Crippen LogP contribution < -0.4 is 0 Å². The molecule has 1 aliphatic heterocycles. The summed E-state index contributed by atoms with van der Waals surface area (Å²) in [6.45, 7) is 3.74. The summed E-state index contributed by atoms with van der Waals surface area (Å²) < 4.78 is 3.67. The van der Waals surface area contributed by atoms with E-state index < -0.39 is 0 Å². The Kier molecular flexibility index (Phi) is 7.12. The second-order valence-electron chi connectivity index (χ2n) is 10.2. The average Bonchev–Trinajstić information content (AvgIpc) is 3.55. The van der Waals surface area contributed by atoms with E-state index in [0.717, 1.165) is 35.9 Å². The summed E-state index contributed by atoms with van der Waals surface area (Å²) in [5.41, 5.74) is 4.29. The van der Waals surface area contributed by atoms with Crippen LogP contribution in [0.1, 0.15) is 34.5 Å². The summed E-state index contributed by atoms with van der Waals surface area (Å²) in [4.78, 5) is 30.6. The van der Waals surface area contributed by atoms with Crippen molar-refractivity contribution in [3.8, 4) is 0 Å². The van der Waals surface area contributed by atoms with Crippen LogP contribution in [0.25, 0.3) is 10.9 Å². The first-order chi connectivity index (χ1) is 17.9. The first-order valence-corrected chi connectivity index (χ1v) is 13.0. The smallest absolute Gasteiger partial charge is 0.270 e. The molecule has 7 heteroatoms. The lowest BCUT2D eigenvalue weighted by Crippen LogP contribution is -2.49. The molecule has 1 fully saturated rings. The van der Waals surface area contributed by atoms with E-state index in [0.29, 0.717) is 19.0 Å². The number of aryl methyl sites for hydroxylation is 2. The maximum absolute atomic E-state index is 13.5. The summed E-state index contributed by atoms with van der Waals surface area (Å²) in [6.07, 6.45) is 6.05. The standard InChI is InChI=1S/C30H35N5O2/c1-22-9-4-5-10-24(22)19-27(33(3)29(36)21-35-16-8-15-31-35)23-13-17-34(18-14-23)30(37)28-20-25-11-6-7-12-26(25)32(28)2/h4-12,15-16,20,23,27H,13-14,17-19,21H2,1-3H3/t27-/m0/s1. The van der Waals surface area contributed by atoms with Gasteiger partial charge in [0, 0.05) is 56.5 Å². The van der Waals surface area contributed by atoms with Gasteiger partial charge in [0.25, 0.3) is 5.91 Å². The number of likely N-dealkylation sites (N-methyl/N-ethyl adjacent to an activating group) is 1. The lowest BCUT2D eigenvalue weighted by molar-refractivity contribution is -0.134. The van der Waals surface area contributed by atoms with Crippen molar-refractivity contribution in [3.63, 3.8) is 0 Å². The zero-order valence-electron chi connectivity index (χ0n) is 21.9. The molecule has 0 radical (unpaired) electrons. The SMILES string of the molecule is Cc1ccccc1C[C@@H](C1CCN(C(=O)c2cc3ccccc3n2C)CC1)N(C)C(=O)Cn1cccn1. The van der Waals surface area contributed by atoms with Crippen molar-refractivity contribution < 1.29 is 9.59 Å². The van der Waals surface area contributed by atoms with E-state index in [1.807, 2.05) is 71.1 Å². The van der Waals surface area contributed by atoms with Crippen molar-refractivity contribution in [2.75, 3.05) is 20.1 Å². The number of likely N-dealkylation sites (tertiary alicyclic amines) is 1. The summed E-state index contributed by atoms with van der Waals surface area (Å²) in [5, 5.41) is 5.29. The number of carbonyl (C=O) groups excluding carboxylic acids is 2. The predicted molar refractivity (Wildman–Crippen MR) is 145 cm³/mol. The number of piperidine rings is 1. The predicted octanol–water partition coefficient (Wildman–Crippen LogP) is 4.31. The van der Waals surface area contributed by atoms with Crippen LogP contribution in [0.3, 0.4) is 0 Å². The molecule has 2 aromatic carbocycles. The van der Waals surface area contributed by atoms with Crippen LogP contribution >= 0.6 is 0 Å². The Morgan fingerprint density at radius 3 is 2.49 bits per heavy atom. The second kappa shape index (κ2) is 10.6. The largest absolute Gasteiger partial charge is 0.341 e. The fourth-order valence-corrected chi connectivity index (χ4v) is 5.66. The van der Waals surface area contributed by atoms with E-state index in [9.17, 15) is 9.59 Å². The molecule has 37 heavy (non-hydrogen) atoms. The molecule has 1 aliphatic rings. The van der Waals surface area contributed by atoms with Crippen LogP contribution in [-0.4, -0.2) is 62.1 Å². The van der Waals surface area contributed by atoms with E-state index in [2.05, 4.69) is 36.3 Å². The third kappa shape index (κ3) is 5.17. The van der Waals surface area contributed by atoms with Crippen LogP contribution in [0.2, 0.25) is 0 Å². The Bertz CT molecular complexity index is 1380. The first kappa shape index (κ1) is 24.8. The molecule has 1 saturated heterocycles. The van der Waals surface area contributed by atoms with Crippen molar-refractivity contribution in [3.05, 3.63) is 89.9 Å². The van der Waals surface area contributed by atoms with E-state index in [-0.39, 0.29) is 24.4 Å². The number of carbonyl (C=O) groups is 2. The average molecular weight is 498 g/mol. The Balaban J connectivity index is 1.31. The van der Waals surface area contributed by atoms with Crippen LogP contribution in [0.15, 0.2) is 73.1 Å². The number of benzene rings is 2. The van der Waals surface area contributed by atoms with Gasteiger partial charge in [-0.15, -0.1) is 0 Å². The lowest BCUT2D eigenvalue weighted by atomic mass is 9.84. The monoisotopic (exact) mass is 497 g/mol. The van der Waals surface area contributed by atoms with Crippen LogP contribution in [0.4, 0.5) is 0 Å². The number of hydrogen-bond acceptors (Lipinski definition) is 3. The summed E-state index contributed by atoms with van der Waals surface area (Å²) in [5.74, 6) is 0.440. The van der Waals surface area contributed by atoms with Gasteiger partial charge in [-0.3, -0.25) is 14.3 Å². The highest BCUT2D eigenvalue weighted by Crippen LogP contribution is 2.29. The van der Waals surface area contributed by atoms with Gasteiger partial charge in [-0.2, -0.15) is 5.10 Å². The van der Waals surface area contributed by atoms with E-state index in [4.69, 9.17) is 0 Å². The quantitative estimate of drug-likeness (QED) is 0.382. The molecule has 0 bridgehead atoms. The summed E-state index contributed by atoms with van der Waals surface area (Å²) in [7, 11) is 3.88. The number of fused-ring (bicyclic) bond motifs is 1. The van der Waals surface area contributed by atoms with E-state index >= 15 is 0 Å². The molecule has 1 atom stereocenters. The van der Waals surface area contributed by atoms with Gasteiger partial charge in [0.15, 0.2) is 0 Å². The van der Waals surface area contributed by atoms with Crippen molar-refractivity contribution in [2.24, 2.45) is 13.0 Å². The van der Waals surface area contributed by atoms with E-state index in [1.165, 1.54) is 11.1 Å². The minimum atomic E-state index is 0.0521. The molecular weight excluding hydrogens is 462 g/mol. The second-order valence-corrected chi connectivity index (χ2v) is 10.2. The van der Waals surface area contributed by atoms with Gasteiger partial charge < -0.3 is 14.4 Å². The molecule has 5 rings (SSSR count). The molecule has 4 aromatic rings. The number of rotatable bonds is 7. The van der Waals surface area contributed by atoms with Gasteiger partial charge in [0.2, 0.25) is 5.91 Å². The van der Waals surface area contributed by atoms with Crippen molar-refractivity contribution >= 4 is 22.7 Å². The van der Waals surface area contributed by atoms with Gasteiger partial charge in [-0.1, -0.05) is 42.5 Å². The maximum Gasteiger partial charge on any atom is 0.270 e. The van der Waals surface area contributed by atoms with Crippen LogP contribution in [0.5, 0.6) is 0 Å². The van der Waals surface area contributed by atoms with Gasteiger partial charge in [-0.25, -0.2) is 0 Å². The highest BCUT2D eigenvalue weighted by molar-refractivity contribution is 5.98. The molecule has 2 amide bonds. The molecule has 2 aromatic heterocycles. The van der Waals surface area contributed by atoms with E-state index in [1.54, 1.807) is 10.9 Å². The van der Waals surface area contributed by atoms with Crippen LogP contribution in [0, 0.1) is 12.8 Å². The third-order valence-corrected chi connectivity index (χ3v) is 7.98. The van der Waals surface area contributed by atoms with Gasteiger partial charge in [-0.05, 0) is 61.4 Å². The third-order valence-electron chi connectivity index (χ3n) is 7.98. The molecule has 0 saturated carbocycles. The molecule has 7 nitrogen and oxygen atoms in total. The minimum Gasteiger partial charge on any atom is -0.341 e. The lowest BCUT2D eigenvalue weighted by Gasteiger charge is -2.40. The molecule has 0 aliphatic carbocycles. The minimum absolute atomic E-state index is 0.0521. The Morgan fingerprint density at radius 2 is 1.78 bits per heavy atom. The fraction of sp³-hybridized carbons (Fsp3) is 0.367. The zero-order valence-corrected chi connectivity index (χ0v) is 21.9. The van der Waals surface area contributed by atoms with Gasteiger partial charge in [0.1, 0.15) is 12.2 Å². The van der Waals surface area contributed by atoms with Crippen molar-refractivity contribution in [1.29, 1.82) is 0 Å². The first-order valence-electron chi connectivity index (χ1n) is 13.0. The summed E-state index contributed by atoms with van der Waals surface area (Å²) in [6, 6.07) is 20.4. The number of hydrogen-bond donors (Lipinski definition) is 0. The maximum atomic E-state index is 13.5. The molecule has 0 unspecified atom stereocenters. The number of nitrogens with zero attached hydrogens (tertiary/aromatic N) is 5. The highest BCUT2D eigenvalue weighted by atomic mass is 16.2. The molecule has 192 valence electrons. The fourth-order valence-electron chi connectivity index (χ4n) is 5.66. The number of amides is 2. The van der Waals surface area contributed by atoms with Crippen molar-refractivity contribution in [2.45, 2.75) is 38.8 Å². The molecule has 0 N–H and O–H groups in total. The number of para-hydroxylation sites is 1.